The van der Waals surface area contributed by atoms with Crippen LogP contribution in [0.2, 0.25) is 0 Å². The van der Waals surface area contributed by atoms with Gasteiger partial charge in [-0.2, -0.15) is 0 Å². The van der Waals surface area contributed by atoms with E-state index in [1.54, 1.807) is 0 Å². The molecule has 5 nitrogen and oxygen atoms in total. The van der Waals surface area contributed by atoms with E-state index >= 15 is 0 Å². The summed E-state index contributed by atoms with van der Waals surface area (Å²) >= 11 is 0. The Hall–Kier alpha value is -1.66. The van der Waals surface area contributed by atoms with Crippen molar-refractivity contribution in [3.05, 3.63) is 29.6 Å². The molecule has 1 fully saturated rings. The first kappa shape index (κ1) is 17.4. The zero-order valence-corrected chi connectivity index (χ0v) is 12.5. The number of anilines is 1. The predicted octanol–water partition coefficient (Wildman–Crippen LogP) is 1.67. The molecule has 0 spiro atoms. The molecule has 2 amide bonds. The largest absolute Gasteiger partial charge is 0.350 e. The number of amides is 2. The van der Waals surface area contributed by atoms with Crippen molar-refractivity contribution in [2.45, 2.75) is 25.8 Å². The minimum absolute atomic E-state index is 0. The van der Waals surface area contributed by atoms with Gasteiger partial charge < -0.3 is 16.4 Å². The maximum atomic E-state index is 13.6. The van der Waals surface area contributed by atoms with Gasteiger partial charge in [-0.3, -0.25) is 9.59 Å². The highest BCUT2D eigenvalue weighted by molar-refractivity contribution is 5.97. The number of benzene rings is 1. The van der Waals surface area contributed by atoms with E-state index in [0.29, 0.717) is 18.2 Å². The third kappa shape index (κ3) is 4.99. The van der Waals surface area contributed by atoms with Crippen LogP contribution in [0.25, 0.3) is 0 Å². The lowest BCUT2D eigenvalue weighted by Gasteiger charge is -2.12. The number of carbonyl (C=O) groups excluding carboxylic acids is 2. The topological polar surface area (TPSA) is 84.2 Å². The molecule has 1 aromatic rings. The Morgan fingerprint density at radius 3 is 2.67 bits per heavy atom. The number of rotatable bonds is 5. The van der Waals surface area contributed by atoms with Crippen molar-refractivity contribution >= 4 is 29.9 Å². The maximum Gasteiger partial charge on any atom is 0.254 e. The number of hydrogen-bond donors (Lipinski definition) is 3. The molecule has 1 saturated carbocycles. The first-order chi connectivity index (χ1) is 9.47. The van der Waals surface area contributed by atoms with E-state index in [2.05, 4.69) is 10.6 Å². The second-order valence-electron chi connectivity index (χ2n) is 5.09. The molecule has 4 N–H and O–H groups in total. The average molecular weight is 316 g/mol. The molecular weight excluding hydrogens is 297 g/mol. The van der Waals surface area contributed by atoms with Gasteiger partial charge in [0.2, 0.25) is 5.91 Å². The van der Waals surface area contributed by atoms with E-state index in [4.69, 9.17) is 5.73 Å². The molecule has 0 aliphatic heterocycles. The first-order valence-corrected chi connectivity index (χ1v) is 6.58. The zero-order chi connectivity index (χ0) is 14.7. The molecule has 1 aliphatic rings. The molecular formula is C14H19ClFN3O2. The molecule has 21 heavy (non-hydrogen) atoms. The summed E-state index contributed by atoms with van der Waals surface area (Å²) in [5, 5.41) is 5.13. The van der Waals surface area contributed by atoms with Crippen molar-refractivity contribution in [2.75, 3.05) is 11.9 Å². The van der Waals surface area contributed by atoms with Gasteiger partial charge in [0.15, 0.2) is 0 Å². The summed E-state index contributed by atoms with van der Waals surface area (Å²) in [6.07, 6.45) is 2.17. The molecule has 0 saturated heterocycles. The molecule has 0 radical (unpaired) electrons. The molecule has 1 unspecified atom stereocenters. The molecule has 0 heterocycles. The number of nitrogens with two attached hydrogens (primary N) is 1. The van der Waals surface area contributed by atoms with Gasteiger partial charge >= 0.3 is 0 Å². The Morgan fingerprint density at radius 1 is 1.43 bits per heavy atom. The van der Waals surface area contributed by atoms with Gasteiger partial charge in [-0.15, -0.1) is 12.4 Å². The van der Waals surface area contributed by atoms with Gasteiger partial charge in [-0.1, -0.05) is 0 Å². The van der Waals surface area contributed by atoms with Crippen molar-refractivity contribution in [3.63, 3.8) is 0 Å². The molecule has 1 atom stereocenters. The fourth-order valence-electron chi connectivity index (χ4n) is 1.98. The van der Waals surface area contributed by atoms with E-state index in [-0.39, 0.29) is 29.9 Å². The summed E-state index contributed by atoms with van der Waals surface area (Å²) < 4.78 is 13.6. The van der Waals surface area contributed by atoms with Crippen LogP contribution in [0.3, 0.4) is 0 Å². The van der Waals surface area contributed by atoms with Crippen LogP contribution in [0.15, 0.2) is 18.2 Å². The minimum Gasteiger partial charge on any atom is -0.350 e. The van der Waals surface area contributed by atoms with Gasteiger partial charge in [0, 0.05) is 25.2 Å². The van der Waals surface area contributed by atoms with Crippen LogP contribution in [0.1, 0.15) is 30.1 Å². The maximum absolute atomic E-state index is 13.6. The zero-order valence-electron chi connectivity index (χ0n) is 11.7. The van der Waals surface area contributed by atoms with Gasteiger partial charge in [0.05, 0.1) is 5.56 Å². The fourth-order valence-corrected chi connectivity index (χ4v) is 1.98. The normalized spacial score (nSPS) is 14.8. The fraction of sp³-hybridized carbons (Fsp3) is 0.429. The molecule has 2 rings (SSSR count). The van der Waals surface area contributed by atoms with Gasteiger partial charge in [-0.05, 0) is 37.0 Å². The lowest BCUT2D eigenvalue weighted by atomic mass is 10.1. The Morgan fingerprint density at radius 2 is 2.10 bits per heavy atom. The van der Waals surface area contributed by atoms with E-state index in [9.17, 15) is 14.0 Å². The van der Waals surface area contributed by atoms with Crippen LogP contribution >= 0.6 is 12.4 Å². The van der Waals surface area contributed by atoms with Crippen molar-refractivity contribution in [1.82, 2.24) is 5.32 Å². The van der Waals surface area contributed by atoms with Crippen molar-refractivity contribution in [2.24, 2.45) is 11.7 Å². The summed E-state index contributed by atoms with van der Waals surface area (Å²) in [5.41, 5.74) is 6.16. The Labute approximate surface area is 128 Å². The Kier molecular flexibility index (Phi) is 6.11. The summed E-state index contributed by atoms with van der Waals surface area (Å²) in [6, 6.07) is 3.79. The monoisotopic (exact) mass is 315 g/mol. The molecule has 0 aromatic heterocycles. The quantitative estimate of drug-likeness (QED) is 0.773. The lowest BCUT2D eigenvalue weighted by Crippen LogP contribution is -2.38. The molecule has 0 bridgehead atoms. The van der Waals surface area contributed by atoms with Gasteiger partial charge in [0.1, 0.15) is 5.82 Å². The van der Waals surface area contributed by atoms with E-state index < -0.39 is 11.7 Å². The highest BCUT2D eigenvalue weighted by atomic mass is 35.5. The Balaban J connectivity index is 0.00000220. The summed E-state index contributed by atoms with van der Waals surface area (Å²) in [4.78, 5) is 22.9. The van der Waals surface area contributed by atoms with E-state index in [1.165, 1.54) is 19.1 Å². The van der Waals surface area contributed by atoms with Crippen LogP contribution in [0.5, 0.6) is 0 Å². The second-order valence-corrected chi connectivity index (χ2v) is 5.09. The molecule has 1 aromatic carbocycles. The standard InChI is InChI=1S/C14H18FN3O2.ClH/c1-8(19)18-10-4-5-12(15)11(6-10)14(20)17-7-13(16)9-2-3-9;/h4-6,9,13H,2-3,7,16H2,1H3,(H,17,20)(H,18,19);1H. The van der Waals surface area contributed by atoms with Gasteiger partial charge in [-0.25, -0.2) is 4.39 Å². The highest BCUT2D eigenvalue weighted by Crippen LogP contribution is 2.31. The van der Waals surface area contributed by atoms with Crippen molar-refractivity contribution < 1.29 is 14.0 Å². The minimum atomic E-state index is -0.628. The first-order valence-electron chi connectivity index (χ1n) is 6.58. The van der Waals surface area contributed by atoms with Crippen LogP contribution in [-0.2, 0) is 4.79 Å². The van der Waals surface area contributed by atoms with Crippen LogP contribution in [0, 0.1) is 11.7 Å². The van der Waals surface area contributed by atoms with Crippen molar-refractivity contribution in [3.8, 4) is 0 Å². The summed E-state index contributed by atoms with van der Waals surface area (Å²) in [6.45, 7) is 1.67. The van der Waals surface area contributed by atoms with E-state index in [1.807, 2.05) is 0 Å². The summed E-state index contributed by atoms with van der Waals surface area (Å²) in [7, 11) is 0. The smallest absolute Gasteiger partial charge is 0.254 e. The van der Waals surface area contributed by atoms with Crippen LogP contribution in [0.4, 0.5) is 10.1 Å². The third-order valence-corrected chi connectivity index (χ3v) is 3.26. The average Bonchev–Trinajstić information content (AvgIpc) is 3.21. The second kappa shape index (κ2) is 7.38. The predicted molar refractivity (Wildman–Crippen MR) is 81.0 cm³/mol. The number of nitrogens with one attached hydrogen (secondary N) is 2. The highest BCUT2D eigenvalue weighted by Gasteiger charge is 2.28. The lowest BCUT2D eigenvalue weighted by molar-refractivity contribution is -0.114. The van der Waals surface area contributed by atoms with Gasteiger partial charge in [0.25, 0.3) is 5.91 Å². The number of hydrogen-bond acceptors (Lipinski definition) is 3. The SMILES string of the molecule is CC(=O)Nc1ccc(F)c(C(=O)NCC(N)C2CC2)c1.Cl. The molecule has 116 valence electrons. The number of halogens is 2. The Bertz CT molecular complexity index is 535. The van der Waals surface area contributed by atoms with E-state index in [0.717, 1.165) is 18.9 Å². The van der Waals surface area contributed by atoms with Crippen molar-refractivity contribution in [1.29, 1.82) is 0 Å². The van der Waals surface area contributed by atoms with Crippen LogP contribution in [-0.4, -0.2) is 24.4 Å². The molecule has 7 heteroatoms. The van der Waals surface area contributed by atoms with Crippen LogP contribution < -0.4 is 16.4 Å². The molecule has 1 aliphatic carbocycles. The summed E-state index contributed by atoms with van der Waals surface area (Å²) in [5.74, 6) is -0.966. The third-order valence-electron chi connectivity index (χ3n) is 3.26. The number of carbonyl (C=O) groups is 2.